The van der Waals surface area contributed by atoms with Gasteiger partial charge in [-0.05, 0) is 25.3 Å². The minimum Gasteiger partial charge on any atom is -0.323 e. The summed E-state index contributed by atoms with van der Waals surface area (Å²) in [5.41, 5.74) is -0.371. The van der Waals surface area contributed by atoms with E-state index in [4.69, 9.17) is 5.26 Å². The molecule has 1 aromatic rings. The van der Waals surface area contributed by atoms with E-state index in [0.29, 0.717) is 13.0 Å². The molecule has 1 aliphatic rings. The Morgan fingerprint density at radius 2 is 2.28 bits per heavy atom. The number of pyridine rings is 1. The zero-order chi connectivity index (χ0) is 13.1. The number of piperidine rings is 1. The van der Waals surface area contributed by atoms with Crippen molar-refractivity contribution in [1.82, 2.24) is 9.88 Å². The molecule has 0 aliphatic carbocycles. The molecule has 18 heavy (non-hydrogen) atoms. The number of hydrogen-bond donors (Lipinski definition) is 0. The Morgan fingerprint density at radius 3 is 3.00 bits per heavy atom. The van der Waals surface area contributed by atoms with Crippen molar-refractivity contribution in [3.63, 3.8) is 0 Å². The van der Waals surface area contributed by atoms with Crippen molar-refractivity contribution in [3.8, 4) is 6.07 Å². The molecule has 0 bridgehead atoms. The van der Waals surface area contributed by atoms with Crippen LogP contribution in [0.5, 0.6) is 0 Å². The second-order valence-electron chi connectivity index (χ2n) is 4.10. The summed E-state index contributed by atoms with van der Waals surface area (Å²) in [7, 11) is 0. The lowest BCUT2D eigenvalue weighted by Gasteiger charge is -2.31. The molecule has 1 saturated heterocycles. The molecule has 0 saturated carbocycles. The van der Waals surface area contributed by atoms with Gasteiger partial charge in [0.25, 0.3) is 5.91 Å². The van der Waals surface area contributed by atoms with Crippen LogP contribution in [0, 0.1) is 23.1 Å². The smallest absolute Gasteiger partial charge is 0.258 e. The normalized spacial score (nSPS) is 19.4. The Bertz CT molecular complexity index is 513. The maximum Gasteiger partial charge on any atom is 0.258 e. The molecule has 6 heteroatoms. The first-order valence-electron chi connectivity index (χ1n) is 5.65. The first-order chi connectivity index (χ1) is 8.65. The number of aromatic nitrogens is 1. The van der Waals surface area contributed by atoms with Gasteiger partial charge in [-0.1, -0.05) is 0 Å². The van der Waals surface area contributed by atoms with Gasteiger partial charge >= 0.3 is 0 Å². The van der Waals surface area contributed by atoms with E-state index in [9.17, 15) is 13.6 Å². The average Bonchev–Trinajstić information content (AvgIpc) is 2.41. The fourth-order valence-electron chi connectivity index (χ4n) is 2.05. The van der Waals surface area contributed by atoms with Crippen molar-refractivity contribution < 1.29 is 13.6 Å². The average molecular weight is 251 g/mol. The van der Waals surface area contributed by atoms with Crippen LogP contribution in [0.1, 0.15) is 29.6 Å². The molecule has 1 fully saturated rings. The summed E-state index contributed by atoms with van der Waals surface area (Å²) < 4.78 is 26.4. The Morgan fingerprint density at radius 1 is 1.50 bits per heavy atom. The molecule has 1 unspecified atom stereocenters. The third-order valence-electron chi connectivity index (χ3n) is 2.99. The highest BCUT2D eigenvalue weighted by molar-refractivity contribution is 5.94. The van der Waals surface area contributed by atoms with Crippen LogP contribution < -0.4 is 0 Å². The van der Waals surface area contributed by atoms with Crippen molar-refractivity contribution in [1.29, 1.82) is 5.26 Å². The summed E-state index contributed by atoms with van der Waals surface area (Å²) in [6.07, 6.45) is 3.22. The largest absolute Gasteiger partial charge is 0.323 e. The van der Waals surface area contributed by atoms with Crippen molar-refractivity contribution in [2.45, 2.75) is 25.3 Å². The molecule has 1 aliphatic heterocycles. The molecule has 2 heterocycles. The topological polar surface area (TPSA) is 57.0 Å². The summed E-state index contributed by atoms with van der Waals surface area (Å²) in [5.74, 6) is -3.21. The molecule has 4 nitrogen and oxygen atoms in total. The summed E-state index contributed by atoms with van der Waals surface area (Å²) in [6, 6.07) is 2.57. The van der Waals surface area contributed by atoms with E-state index in [1.165, 1.54) is 4.90 Å². The number of nitriles is 1. The van der Waals surface area contributed by atoms with Crippen molar-refractivity contribution in [2.24, 2.45) is 0 Å². The van der Waals surface area contributed by atoms with Crippen LogP contribution in [0.25, 0.3) is 0 Å². The van der Waals surface area contributed by atoms with E-state index in [1.807, 2.05) is 6.07 Å². The van der Waals surface area contributed by atoms with E-state index in [2.05, 4.69) is 4.98 Å². The minimum atomic E-state index is -1.30. The van der Waals surface area contributed by atoms with Crippen LogP contribution >= 0.6 is 0 Å². The number of likely N-dealkylation sites (tertiary alicyclic amines) is 1. The molecule has 1 atom stereocenters. The predicted molar refractivity (Wildman–Crippen MR) is 58.4 cm³/mol. The van der Waals surface area contributed by atoms with Gasteiger partial charge in [-0.2, -0.15) is 9.65 Å². The van der Waals surface area contributed by atoms with Crippen LogP contribution in [0.15, 0.2) is 12.3 Å². The molecule has 0 N–H and O–H groups in total. The van der Waals surface area contributed by atoms with Crippen LogP contribution in [-0.4, -0.2) is 28.4 Å². The molecule has 1 amide bonds. The molecule has 2 rings (SSSR count). The van der Waals surface area contributed by atoms with E-state index >= 15 is 0 Å². The summed E-state index contributed by atoms with van der Waals surface area (Å²) in [4.78, 5) is 16.5. The Balaban J connectivity index is 2.30. The zero-order valence-electron chi connectivity index (χ0n) is 9.57. The quantitative estimate of drug-likeness (QED) is 0.716. The minimum absolute atomic E-state index is 0.371. The number of carbonyl (C=O) groups excluding carboxylic acids is 1. The fourth-order valence-corrected chi connectivity index (χ4v) is 2.05. The summed E-state index contributed by atoms with van der Waals surface area (Å²) in [5, 5.41) is 8.96. The van der Waals surface area contributed by atoms with E-state index in [1.54, 1.807) is 0 Å². The third kappa shape index (κ3) is 2.16. The zero-order valence-corrected chi connectivity index (χ0v) is 9.57. The molecule has 0 aromatic carbocycles. The van der Waals surface area contributed by atoms with Gasteiger partial charge in [-0.15, -0.1) is 0 Å². The first kappa shape index (κ1) is 12.4. The van der Waals surface area contributed by atoms with E-state index < -0.39 is 23.7 Å². The fraction of sp³-hybridized carbons (Fsp3) is 0.417. The molecule has 0 spiro atoms. The standard InChI is InChI=1S/C12H11F2N3O/c13-10-9(4-5-16-11(10)14)12(18)17-6-2-1-3-8(17)7-15/h4-5,8H,1-3,6H2. The second kappa shape index (κ2) is 5.08. The van der Waals surface area contributed by atoms with Crippen LogP contribution in [0.2, 0.25) is 0 Å². The van der Waals surface area contributed by atoms with Crippen LogP contribution in [0.3, 0.4) is 0 Å². The number of amides is 1. The van der Waals surface area contributed by atoms with Gasteiger partial charge in [0.2, 0.25) is 5.95 Å². The van der Waals surface area contributed by atoms with Crippen molar-refractivity contribution in [2.75, 3.05) is 6.54 Å². The lowest BCUT2D eigenvalue weighted by molar-refractivity contribution is 0.0664. The van der Waals surface area contributed by atoms with Crippen molar-refractivity contribution >= 4 is 5.91 Å². The Hall–Kier alpha value is -2.03. The number of nitrogens with zero attached hydrogens (tertiary/aromatic N) is 3. The summed E-state index contributed by atoms with van der Waals surface area (Å²) in [6.45, 7) is 0.389. The van der Waals surface area contributed by atoms with Gasteiger partial charge in [0.15, 0.2) is 5.82 Å². The molecule has 1 aromatic heterocycles. The van der Waals surface area contributed by atoms with E-state index in [0.717, 1.165) is 25.1 Å². The molecule has 0 radical (unpaired) electrons. The predicted octanol–water partition coefficient (Wildman–Crippen LogP) is 1.88. The maximum atomic E-state index is 13.5. The maximum absolute atomic E-state index is 13.5. The Kier molecular flexibility index (Phi) is 3.51. The second-order valence-corrected chi connectivity index (χ2v) is 4.10. The lowest BCUT2D eigenvalue weighted by Crippen LogP contribution is -2.43. The van der Waals surface area contributed by atoms with Gasteiger partial charge in [-0.3, -0.25) is 4.79 Å². The van der Waals surface area contributed by atoms with Gasteiger partial charge in [0.05, 0.1) is 11.6 Å². The van der Waals surface area contributed by atoms with E-state index in [-0.39, 0.29) is 5.56 Å². The number of rotatable bonds is 1. The van der Waals surface area contributed by atoms with Gasteiger partial charge in [0, 0.05) is 12.7 Å². The highest BCUT2D eigenvalue weighted by Gasteiger charge is 2.29. The molecular weight excluding hydrogens is 240 g/mol. The monoisotopic (exact) mass is 251 g/mol. The highest BCUT2D eigenvalue weighted by Crippen LogP contribution is 2.20. The number of hydrogen-bond acceptors (Lipinski definition) is 3. The third-order valence-corrected chi connectivity index (χ3v) is 2.99. The molecular formula is C12H11F2N3O. The highest BCUT2D eigenvalue weighted by atomic mass is 19.2. The first-order valence-corrected chi connectivity index (χ1v) is 5.65. The summed E-state index contributed by atoms with van der Waals surface area (Å²) >= 11 is 0. The Labute approximate surface area is 103 Å². The van der Waals surface area contributed by atoms with Crippen LogP contribution in [-0.2, 0) is 0 Å². The van der Waals surface area contributed by atoms with Gasteiger partial charge in [0.1, 0.15) is 6.04 Å². The van der Waals surface area contributed by atoms with Crippen molar-refractivity contribution in [3.05, 3.63) is 29.6 Å². The van der Waals surface area contributed by atoms with Gasteiger partial charge < -0.3 is 4.90 Å². The van der Waals surface area contributed by atoms with Crippen LogP contribution in [0.4, 0.5) is 8.78 Å². The number of halogens is 2. The SMILES string of the molecule is N#CC1CCCCN1C(=O)c1ccnc(F)c1F. The molecule has 94 valence electrons. The lowest BCUT2D eigenvalue weighted by atomic mass is 10.0. The van der Waals surface area contributed by atoms with Gasteiger partial charge in [-0.25, -0.2) is 9.37 Å². The number of carbonyl (C=O) groups is 1.